The van der Waals surface area contributed by atoms with Crippen molar-refractivity contribution >= 4 is 23.6 Å². The maximum absolute atomic E-state index is 13.3. The van der Waals surface area contributed by atoms with E-state index in [-0.39, 0.29) is 29.2 Å². The molecule has 0 spiro atoms. The highest BCUT2D eigenvalue weighted by molar-refractivity contribution is 6.06. The van der Waals surface area contributed by atoms with Crippen LogP contribution in [0.25, 0.3) is 11.4 Å². The summed E-state index contributed by atoms with van der Waals surface area (Å²) in [6.07, 6.45) is 0. The van der Waals surface area contributed by atoms with Crippen LogP contribution < -0.4 is 10.6 Å². The number of rotatable bonds is 7. The fourth-order valence-corrected chi connectivity index (χ4v) is 4.77. The van der Waals surface area contributed by atoms with E-state index in [9.17, 15) is 24.8 Å². The van der Waals surface area contributed by atoms with Crippen LogP contribution in [0.4, 0.5) is 5.69 Å². The third-order valence-electron chi connectivity index (χ3n) is 6.72. The number of hydrogen-bond donors (Lipinski definition) is 2. The molecule has 11 nitrogen and oxygen atoms in total. The number of carbonyl (C=O) groups is 3. The van der Waals surface area contributed by atoms with E-state index < -0.39 is 23.8 Å². The number of benzene rings is 2. The van der Waals surface area contributed by atoms with Gasteiger partial charge in [0.05, 0.1) is 43.0 Å². The van der Waals surface area contributed by atoms with E-state index >= 15 is 0 Å². The van der Waals surface area contributed by atoms with Crippen LogP contribution in [0.5, 0.6) is 0 Å². The predicted molar refractivity (Wildman–Crippen MR) is 144 cm³/mol. The Hall–Kier alpha value is -5.37. The van der Waals surface area contributed by atoms with E-state index in [1.165, 1.54) is 19.1 Å². The molecule has 3 N–H and O–H groups in total. The molecule has 1 aliphatic rings. The standard InChI is InChI=1S/C29H27N5O6/c1-16-17(2)33(15-22(35)36)27(32-16)19-11-8-12-20(13-19)34-25(29(38)40-4)24(28(37)39-3)23(21(14-30)26(34)31)18-9-6-5-7-10-18/h5-13,23H,15,31H2,1-4H3,(H,35,36). The Morgan fingerprint density at radius 2 is 1.73 bits per heavy atom. The number of allylic oxidation sites excluding steroid dienone is 1. The van der Waals surface area contributed by atoms with E-state index in [4.69, 9.17) is 15.2 Å². The van der Waals surface area contributed by atoms with Gasteiger partial charge < -0.3 is 24.9 Å². The molecule has 0 saturated carbocycles. The molecule has 11 heteroatoms. The zero-order valence-corrected chi connectivity index (χ0v) is 22.3. The van der Waals surface area contributed by atoms with Crippen molar-refractivity contribution in [1.29, 1.82) is 5.26 Å². The van der Waals surface area contributed by atoms with Gasteiger partial charge in [0.2, 0.25) is 0 Å². The quantitative estimate of drug-likeness (QED) is 0.425. The zero-order valence-electron chi connectivity index (χ0n) is 22.3. The largest absolute Gasteiger partial charge is 0.480 e. The van der Waals surface area contributed by atoms with E-state index in [1.807, 2.05) is 0 Å². The fraction of sp³-hybridized carbons (Fsp3) is 0.207. The molecule has 0 saturated heterocycles. The molecule has 0 radical (unpaired) electrons. The van der Waals surface area contributed by atoms with Gasteiger partial charge in [0.25, 0.3) is 0 Å². The molecule has 40 heavy (non-hydrogen) atoms. The van der Waals surface area contributed by atoms with Crippen molar-refractivity contribution in [3.8, 4) is 17.5 Å². The molecule has 0 fully saturated rings. The molecule has 2 aromatic carbocycles. The Labute approximate surface area is 230 Å². The average molecular weight is 542 g/mol. The number of hydrogen-bond acceptors (Lipinski definition) is 9. The van der Waals surface area contributed by atoms with Crippen LogP contribution >= 0.6 is 0 Å². The topological polar surface area (TPSA) is 161 Å². The smallest absolute Gasteiger partial charge is 0.355 e. The Morgan fingerprint density at radius 3 is 2.33 bits per heavy atom. The van der Waals surface area contributed by atoms with Gasteiger partial charge in [-0.2, -0.15) is 5.26 Å². The maximum atomic E-state index is 13.3. The summed E-state index contributed by atoms with van der Waals surface area (Å²) >= 11 is 0. The molecule has 1 unspecified atom stereocenters. The third-order valence-corrected chi connectivity index (χ3v) is 6.72. The number of imidazole rings is 1. The summed E-state index contributed by atoms with van der Waals surface area (Å²) in [5.41, 5.74) is 9.02. The number of aliphatic carboxylic acids is 1. The first-order valence-electron chi connectivity index (χ1n) is 12.2. The number of ether oxygens (including phenoxy) is 2. The molecule has 1 aromatic heterocycles. The molecule has 4 rings (SSSR count). The summed E-state index contributed by atoms with van der Waals surface area (Å²) < 4.78 is 11.7. The van der Waals surface area contributed by atoms with Gasteiger partial charge in [-0.25, -0.2) is 14.6 Å². The van der Waals surface area contributed by atoms with Gasteiger partial charge in [-0.1, -0.05) is 42.5 Å². The number of anilines is 1. The SMILES string of the molecule is COC(=O)C1=C(C(=O)OC)N(c2cccc(-c3nc(C)c(C)n3CC(=O)O)c2)C(N)=C(C#N)C1c1ccccc1. The molecule has 3 aromatic rings. The van der Waals surface area contributed by atoms with Crippen molar-refractivity contribution in [3.63, 3.8) is 0 Å². The second kappa shape index (κ2) is 11.2. The number of esters is 2. The monoisotopic (exact) mass is 541 g/mol. The van der Waals surface area contributed by atoms with Gasteiger partial charge in [-0.3, -0.25) is 9.69 Å². The number of nitrogens with zero attached hydrogens (tertiary/aromatic N) is 4. The minimum atomic E-state index is -1.04. The lowest BCUT2D eigenvalue weighted by Gasteiger charge is -2.36. The fourth-order valence-electron chi connectivity index (χ4n) is 4.77. The van der Waals surface area contributed by atoms with Crippen molar-refractivity contribution in [2.24, 2.45) is 5.73 Å². The van der Waals surface area contributed by atoms with Crippen molar-refractivity contribution in [2.45, 2.75) is 26.3 Å². The number of aryl methyl sites for hydroxylation is 1. The van der Waals surface area contributed by atoms with E-state index in [0.29, 0.717) is 34.0 Å². The summed E-state index contributed by atoms with van der Waals surface area (Å²) in [6, 6.07) is 17.5. The zero-order chi connectivity index (χ0) is 29.1. The van der Waals surface area contributed by atoms with Gasteiger partial charge in [0, 0.05) is 16.9 Å². The van der Waals surface area contributed by atoms with Gasteiger partial charge >= 0.3 is 17.9 Å². The first-order valence-corrected chi connectivity index (χ1v) is 12.2. The summed E-state index contributed by atoms with van der Waals surface area (Å²) in [6.45, 7) is 3.23. The van der Waals surface area contributed by atoms with Crippen molar-refractivity contribution in [1.82, 2.24) is 9.55 Å². The van der Waals surface area contributed by atoms with E-state index in [0.717, 1.165) is 0 Å². The summed E-state index contributed by atoms with van der Waals surface area (Å²) in [4.78, 5) is 43.9. The van der Waals surface area contributed by atoms with Crippen LogP contribution in [-0.4, -0.2) is 46.8 Å². The summed E-state index contributed by atoms with van der Waals surface area (Å²) in [5.74, 6) is -3.43. The molecule has 0 amide bonds. The molecule has 1 atom stereocenters. The normalized spacial score (nSPS) is 15.1. The predicted octanol–water partition coefficient (Wildman–Crippen LogP) is 3.15. The van der Waals surface area contributed by atoms with Crippen LogP contribution in [0, 0.1) is 25.2 Å². The Balaban J connectivity index is 2.01. The maximum Gasteiger partial charge on any atom is 0.355 e. The second-order valence-corrected chi connectivity index (χ2v) is 8.97. The average Bonchev–Trinajstić information content (AvgIpc) is 3.24. The van der Waals surface area contributed by atoms with Crippen LogP contribution in [-0.2, 0) is 30.4 Å². The van der Waals surface area contributed by atoms with Crippen molar-refractivity contribution < 1.29 is 29.0 Å². The first-order chi connectivity index (χ1) is 19.1. The molecule has 0 aliphatic carbocycles. The Morgan fingerprint density at radius 1 is 1.05 bits per heavy atom. The third kappa shape index (κ3) is 4.78. The first kappa shape index (κ1) is 27.7. The number of nitriles is 1. The Kier molecular flexibility index (Phi) is 7.72. The van der Waals surface area contributed by atoms with Gasteiger partial charge in [0.1, 0.15) is 23.9 Å². The van der Waals surface area contributed by atoms with Gasteiger partial charge in [-0.05, 0) is 31.5 Å². The summed E-state index contributed by atoms with van der Waals surface area (Å²) in [5, 5.41) is 19.7. The molecular formula is C29H27N5O6. The van der Waals surface area contributed by atoms with Crippen LogP contribution in [0.15, 0.2) is 77.3 Å². The van der Waals surface area contributed by atoms with E-state index in [1.54, 1.807) is 73.0 Å². The van der Waals surface area contributed by atoms with Crippen molar-refractivity contribution in [3.05, 3.63) is 94.2 Å². The Bertz CT molecular complexity index is 1610. The number of carboxylic acids is 1. The number of carboxylic acid groups (broad SMARTS) is 1. The number of methoxy groups -OCH3 is 2. The highest BCUT2D eigenvalue weighted by Gasteiger charge is 2.43. The van der Waals surface area contributed by atoms with Crippen LogP contribution in [0.1, 0.15) is 22.9 Å². The second-order valence-electron chi connectivity index (χ2n) is 8.97. The van der Waals surface area contributed by atoms with Gasteiger partial charge in [-0.15, -0.1) is 0 Å². The molecular weight excluding hydrogens is 514 g/mol. The van der Waals surface area contributed by atoms with Crippen molar-refractivity contribution in [2.75, 3.05) is 19.1 Å². The highest BCUT2D eigenvalue weighted by Crippen LogP contribution is 2.43. The highest BCUT2D eigenvalue weighted by atomic mass is 16.5. The number of aromatic nitrogens is 2. The number of nitrogens with two attached hydrogens (primary N) is 1. The minimum Gasteiger partial charge on any atom is -0.480 e. The van der Waals surface area contributed by atoms with Gasteiger partial charge in [0.15, 0.2) is 0 Å². The van der Waals surface area contributed by atoms with E-state index in [2.05, 4.69) is 11.1 Å². The number of carbonyl (C=O) groups excluding carboxylic acids is 2. The molecule has 1 aliphatic heterocycles. The van der Waals surface area contributed by atoms with Crippen LogP contribution in [0.3, 0.4) is 0 Å². The lowest BCUT2D eigenvalue weighted by Crippen LogP contribution is -2.40. The lowest BCUT2D eigenvalue weighted by atomic mass is 9.81. The molecule has 204 valence electrons. The lowest BCUT2D eigenvalue weighted by molar-refractivity contribution is -0.139. The molecule has 0 bridgehead atoms. The molecule has 2 heterocycles. The van der Waals surface area contributed by atoms with Crippen LogP contribution in [0.2, 0.25) is 0 Å². The minimum absolute atomic E-state index is 0.0312. The summed E-state index contributed by atoms with van der Waals surface area (Å²) in [7, 11) is 2.35.